The number of hydrogen-bond acceptors (Lipinski definition) is 2. The first-order valence-electron chi connectivity index (χ1n) is 5.09. The van der Waals surface area contributed by atoms with Gasteiger partial charge in [0.2, 0.25) is 0 Å². The van der Waals surface area contributed by atoms with Gasteiger partial charge in [0.15, 0.2) is 0 Å². The molecule has 0 saturated carbocycles. The average Bonchev–Trinajstić information content (AvgIpc) is 2.66. The second-order valence-corrected chi connectivity index (χ2v) is 6.83. The molecule has 0 atom stereocenters. The average molecular weight is 452 g/mol. The zero-order valence-corrected chi connectivity index (χ0v) is 16.1. The smallest absolute Gasteiger partial charge is 0.406 e. The topological polar surface area (TPSA) is 18.5 Å². The van der Waals surface area contributed by atoms with Gasteiger partial charge in [-0.1, -0.05) is 19.8 Å². The van der Waals surface area contributed by atoms with Crippen molar-refractivity contribution in [3.05, 3.63) is 45.2 Å². The van der Waals surface area contributed by atoms with Gasteiger partial charge in [0.05, 0.1) is 0 Å². The Morgan fingerprint density at radius 1 is 1.22 bits per heavy atom. The Kier molecular flexibility index (Phi) is 18.4. The van der Waals surface area contributed by atoms with E-state index in [9.17, 15) is 0 Å². The number of allylic oxidation sites excluding steroid dienone is 4. The molecule has 0 bridgehead atoms. The molecule has 110 valence electrons. The van der Waals surface area contributed by atoms with Crippen molar-refractivity contribution in [3.8, 4) is 0 Å². The predicted molar refractivity (Wildman–Crippen MR) is 79.2 cm³/mol. The minimum atomic E-state index is -2.10. The van der Waals surface area contributed by atoms with E-state index in [0.29, 0.717) is 0 Å². The third kappa shape index (κ3) is 5.96. The fraction of sp³-hybridized carbons (Fsp3) is 0.500. The van der Waals surface area contributed by atoms with Gasteiger partial charge in [-0.3, -0.25) is 6.08 Å². The van der Waals surface area contributed by atoms with Crippen LogP contribution in [0.5, 0.6) is 0 Å². The maximum absolute atomic E-state index is 5.54. The van der Waals surface area contributed by atoms with Crippen LogP contribution in [0.1, 0.15) is 26.2 Å². The van der Waals surface area contributed by atoms with Crippen LogP contribution in [0.2, 0.25) is 6.55 Å². The third-order valence-corrected chi connectivity index (χ3v) is 5.76. The Hall–Kier alpha value is 0.305. The van der Waals surface area contributed by atoms with E-state index in [2.05, 4.69) is 25.6 Å². The first-order chi connectivity index (χ1) is 6.68. The summed E-state index contributed by atoms with van der Waals surface area (Å²) in [5.74, 6) is 0. The van der Waals surface area contributed by atoms with Crippen LogP contribution < -0.4 is 0 Å². The van der Waals surface area contributed by atoms with Crippen molar-refractivity contribution in [2.75, 3.05) is 14.2 Å². The van der Waals surface area contributed by atoms with Crippen LogP contribution in [0.4, 0.5) is 0 Å². The molecule has 0 radical (unpaired) electrons. The van der Waals surface area contributed by atoms with E-state index >= 15 is 0 Å². The summed E-state index contributed by atoms with van der Waals surface area (Å²) in [6.45, 7) is 4.27. The van der Waals surface area contributed by atoms with Crippen molar-refractivity contribution in [1.29, 1.82) is 0 Å². The van der Waals surface area contributed by atoms with Crippen molar-refractivity contribution in [2.24, 2.45) is 0 Å². The summed E-state index contributed by atoms with van der Waals surface area (Å²) in [7, 11) is 1.37. The molecule has 0 amide bonds. The van der Waals surface area contributed by atoms with Gasteiger partial charge in [-0.05, 0) is 6.55 Å². The molecule has 0 heterocycles. The molecule has 4 heteroatoms. The van der Waals surface area contributed by atoms with E-state index in [1.807, 2.05) is 0 Å². The van der Waals surface area contributed by atoms with Crippen LogP contribution in [-0.4, -0.2) is 22.8 Å². The summed E-state index contributed by atoms with van der Waals surface area (Å²) >= 11 is 0. The largest absolute Gasteiger partial charge is 4.00 e. The van der Waals surface area contributed by atoms with E-state index in [0.717, 1.165) is 19.3 Å². The molecule has 0 unspecified atom stereocenters. The zero-order valence-electron chi connectivity index (χ0n) is 12.8. The number of rotatable bonds is 5. The summed E-state index contributed by atoms with van der Waals surface area (Å²) in [5, 5.41) is 1.28. The summed E-state index contributed by atoms with van der Waals surface area (Å²) in [6.07, 6.45) is 8.73. The molecule has 0 saturated heterocycles. The van der Waals surface area contributed by atoms with E-state index in [1.165, 1.54) is 10.8 Å². The molecule has 0 aromatic heterocycles. The van der Waals surface area contributed by atoms with Gasteiger partial charge in [-0.25, -0.2) is 5.57 Å². The Bertz CT molecular complexity index is 259. The van der Waals surface area contributed by atoms with Crippen LogP contribution in [-0.2, 0) is 29.9 Å². The van der Waals surface area contributed by atoms with Gasteiger partial charge >= 0.3 is 21.1 Å². The van der Waals surface area contributed by atoms with E-state index in [4.69, 9.17) is 8.85 Å². The van der Waals surface area contributed by atoms with Gasteiger partial charge in [0.1, 0.15) is 0 Å². The van der Waals surface area contributed by atoms with Crippen molar-refractivity contribution in [3.63, 3.8) is 0 Å². The first kappa shape index (κ1) is 26.8. The molecule has 18 heavy (non-hydrogen) atoms. The van der Waals surface area contributed by atoms with Gasteiger partial charge in [0, 0.05) is 14.2 Å². The first-order valence-corrected chi connectivity index (χ1v) is 7.40. The summed E-state index contributed by atoms with van der Waals surface area (Å²) in [6, 6.07) is 0. The Morgan fingerprint density at radius 3 is 2.11 bits per heavy atom. The Morgan fingerprint density at radius 2 is 1.72 bits per heavy atom. The molecule has 1 rings (SSSR count). The van der Waals surface area contributed by atoms with Gasteiger partial charge < -0.3 is 31.1 Å². The summed E-state index contributed by atoms with van der Waals surface area (Å²) in [4.78, 5) is 0. The minimum absolute atomic E-state index is 0. The van der Waals surface area contributed by atoms with Crippen LogP contribution in [0, 0.1) is 28.4 Å². The second-order valence-electron chi connectivity index (χ2n) is 3.58. The fourth-order valence-corrected chi connectivity index (χ4v) is 3.57. The minimum Gasteiger partial charge on any atom is -0.406 e. The standard InChI is InChI=1S/C11H19O2Si.3CH3.Pt/c1-5-7-10-8-6-9-11(10)14(4,12-2)13-3;;;;/h9H,5-7H2,1-4H3;3*1H3;/q4*-1;+4. The van der Waals surface area contributed by atoms with Gasteiger partial charge in [-0.15, -0.1) is 11.6 Å². The molecule has 0 N–H and O–H groups in total. The predicted octanol–water partition coefficient (Wildman–Crippen LogP) is 4.10. The molecule has 0 aromatic rings. The van der Waals surface area contributed by atoms with E-state index in [1.54, 1.807) is 14.2 Å². The molecule has 0 aliphatic heterocycles. The molecule has 0 aromatic carbocycles. The number of hydrogen-bond donors (Lipinski definition) is 0. The quantitative estimate of drug-likeness (QED) is 0.463. The molecular weight excluding hydrogens is 423 g/mol. The van der Waals surface area contributed by atoms with Gasteiger partial charge in [0.25, 0.3) is 8.56 Å². The molecule has 2 nitrogen and oxygen atoms in total. The monoisotopic (exact) mass is 451 g/mol. The Balaban J connectivity index is -0.000000245. The summed E-state index contributed by atoms with van der Waals surface area (Å²) in [5.41, 5.74) is 1.31. The van der Waals surface area contributed by atoms with Gasteiger partial charge in [-0.2, -0.15) is 6.08 Å². The summed E-state index contributed by atoms with van der Waals surface area (Å²) < 4.78 is 11.1. The second kappa shape index (κ2) is 12.3. The zero-order chi connectivity index (χ0) is 10.6. The molecule has 1 aliphatic carbocycles. The molecule has 0 spiro atoms. The third-order valence-electron chi connectivity index (χ3n) is 2.72. The van der Waals surface area contributed by atoms with E-state index in [-0.39, 0.29) is 43.3 Å². The molecule has 0 fully saturated rings. The van der Waals surface area contributed by atoms with Crippen LogP contribution in [0.3, 0.4) is 0 Å². The van der Waals surface area contributed by atoms with Crippen LogP contribution in [0.25, 0.3) is 0 Å². The maximum Gasteiger partial charge on any atom is 4.00 e. The molecular formula is C14H28O2PtSi. The normalized spacial score (nSPS) is 13.1. The van der Waals surface area contributed by atoms with Crippen molar-refractivity contribution < 1.29 is 29.9 Å². The van der Waals surface area contributed by atoms with Crippen molar-refractivity contribution in [2.45, 2.75) is 32.7 Å². The Labute approximate surface area is 130 Å². The molecule has 1 aliphatic rings. The maximum atomic E-state index is 5.54. The van der Waals surface area contributed by atoms with Crippen molar-refractivity contribution in [1.82, 2.24) is 0 Å². The van der Waals surface area contributed by atoms with E-state index < -0.39 is 8.56 Å². The van der Waals surface area contributed by atoms with Crippen LogP contribution in [0.15, 0.2) is 16.8 Å². The van der Waals surface area contributed by atoms with Crippen molar-refractivity contribution >= 4 is 8.56 Å². The van der Waals surface area contributed by atoms with Crippen LogP contribution >= 0.6 is 0 Å². The SMILES string of the molecule is CCCC1=[C-]CC=C1[Si](C)(OC)OC.[CH3-].[CH3-].[CH3-].[Pt+4]. The fourth-order valence-electron chi connectivity index (χ4n) is 1.73.